The Kier molecular flexibility index (Phi) is 4.04. The number of carbonyl (C=O) groups excluding carboxylic acids is 1. The van der Waals surface area contributed by atoms with Gasteiger partial charge in [-0.25, -0.2) is 4.98 Å². The first kappa shape index (κ1) is 13.8. The number of aryl methyl sites for hydroxylation is 2. The largest absolute Gasteiger partial charge is 0.472 e. The van der Waals surface area contributed by atoms with Crippen LogP contribution in [-0.4, -0.2) is 30.1 Å². The summed E-state index contributed by atoms with van der Waals surface area (Å²) in [6, 6.07) is 1.84. The average molecular weight is 263 g/mol. The van der Waals surface area contributed by atoms with Gasteiger partial charge in [0.25, 0.3) is 5.91 Å². The van der Waals surface area contributed by atoms with Gasteiger partial charge in [0, 0.05) is 12.2 Å². The molecular weight excluding hydrogens is 242 g/mol. The van der Waals surface area contributed by atoms with Crippen LogP contribution in [0.4, 0.5) is 0 Å². The Morgan fingerprint density at radius 3 is 2.89 bits per heavy atom. The van der Waals surface area contributed by atoms with Crippen LogP contribution in [0.25, 0.3) is 0 Å². The van der Waals surface area contributed by atoms with Gasteiger partial charge in [-0.05, 0) is 44.4 Å². The lowest BCUT2D eigenvalue weighted by Crippen LogP contribution is -2.43. The van der Waals surface area contributed by atoms with Gasteiger partial charge in [0.1, 0.15) is 11.7 Å². The van der Waals surface area contributed by atoms with Crippen molar-refractivity contribution in [1.29, 1.82) is 0 Å². The zero-order valence-electron chi connectivity index (χ0n) is 11.7. The molecule has 1 aromatic heterocycles. The minimum Gasteiger partial charge on any atom is -0.472 e. The van der Waals surface area contributed by atoms with Gasteiger partial charge < -0.3 is 15.8 Å². The second-order valence-corrected chi connectivity index (χ2v) is 5.25. The van der Waals surface area contributed by atoms with Gasteiger partial charge in [0.05, 0.1) is 0 Å². The molecule has 1 aliphatic rings. The number of rotatable bonds is 3. The number of nitrogens with two attached hydrogens (primary N) is 1. The van der Waals surface area contributed by atoms with Gasteiger partial charge in [-0.3, -0.25) is 4.79 Å². The van der Waals surface area contributed by atoms with Crippen molar-refractivity contribution in [3.63, 3.8) is 0 Å². The molecule has 0 radical (unpaired) electrons. The van der Waals surface area contributed by atoms with E-state index in [0.29, 0.717) is 17.4 Å². The molecule has 1 saturated heterocycles. The molecule has 0 spiro atoms. The zero-order valence-corrected chi connectivity index (χ0v) is 11.7. The van der Waals surface area contributed by atoms with E-state index in [-0.39, 0.29) is 6.10 Å². The Hall–Kier alpha value is -1.62. The van der Waals surface area contributed by atoms with E-state index >= 15 is 0 Å². The van der Waals surface area contributed by atoms with Gasteiger partial charge in [-0.15, -0.1) is 0 Å². The second-order valence-electron chi connectivity index (χ2n) is 5.25. The first-order valence-electron chi connectivity index (χ1n) is 6.64. The van der Waals surface area contributed by atoms with E-state index < -0.39 is 5.91 Å². The van der Waals surface area contributed by atoms with E-state index in [4.69, 9.17) is 10.5 Å². The molecule has 104 valence electrons. The Labute approximate surface area is 113 Å². The summed E-state index contributed by atoms with van der Waals surface area (Å²) in [6.07, 6.45) is 1.09. The number of hydrogen-bond acceptors (Lipinski definition) is 4. The van der Waals surface area contributed by atoms with E-state index in [2.05, 4.69) is 17.2 Å². The first-order chi connectivity index (χ1) is 8.99. The third-order valence-electron chi connectivity index (χ3n) is 3.58. The van der Waals surface area contributed by atoms with Crippen molar-refractivity contribution in [2.75, 3.05) is 13.1 Å². The standard InChI is InChI=1S/C14H21N3O2/c1-8-4-5-16-7-11(8)19-14-12(13(15)18)9(2)6-10(3)17-14/h6,8,11,16H,4-5,7H2,1-3H3,(H2,15,18). The van der Waals surface area contributed by atoms with E-state index in [1.165, 1.54) is 0 Å². The highest BCUT2D eigenvalue weighted by Crippen LogP contribution is 2.24. The summed E-state index contributed by atoms with van der Waals surface area (Å²) in [5, 5.41) is 3.29. The Morgan fingerprint density at radius 1 is 1.53 bits per heavy atom. The third-order valence-corrected chi connectivity index (χ3v) is 3.58. The van der Waals surface area contributed by atoms with Crippen molar-refractivity contribution in [2.24, 2.45) is 11.7 Å². The molecule has 0 aliphatic carbocycles. The number of piperidine rings is 1. The molecule has 0 bridgehead atoms. The Balaban J connectivity index is 2.30. The van der Waals surface area contributed by atoms with Crippen LogP contribution in [0.5, 0.6) is 5.88 Å². The van der Waals surface area contributed by atoms with Crippen molar-refractivity contribution in [3.05, 3.63) is 22.9 Å². The molecule has 0 aromatic carbocycles. The number of nitrogens with one attached hydrogen (secondary N) is 1. The molecule has 1 fully saturated rings. The predicted molar refractivity (Wildman–Crippen MR) is 73.3 cm³/mol. The molecule has 19 heavy (non-hydrogen) atoms. The number of primary amides is 1. The maximum Gasteiger partial charge on any atom is 0.254 e. The fourth-order valence-electron chi connectivity index (χ4n) is 2.45. The number of ether oxygens (including phenoxy) is 1. The third kappa shape index (κ3) is 3.04. The second kappa shape index (κ2) is 5.57. The molecule has 5 heteroatoms. The van der Waals surface area contributed by atoms with Crippen LogP contribution >= 0.6 is 0 Å². The van der Waals surface area contributed by atoms with Crippen LogP contribution in [0.15, 0.2) is 6.07 Å². The van der Waals surface area contributed by atoms with Crippen molar-refractivity contribution in [3.8, 4) is 5.88 Å². The van der Waals surface area contributed by atoms with Crippen LogP contribution in [0.1, 0.15) is 35.0 Å². The smallest absolute Gasteiger partial charge is 0.254 e. The maximum absolute atomic E-state index is 11.6. The maximum atomic E-state index is 11.6. The highest BCUT2D eigenvalue weighted by molar-refractivity contribution is 5.96. The number of aromatic nitrogens is 1. The van der Waals surface area contributed by atoms with Crippen molar-refractivity contribution < 1.29 is 9.53 Å². The minimum absolute atomic E-state index is 0.0283. The summed E-state index contributed by atoms with van der Waals surface area (Å²) in [5.41, 5.74) is 7.46. The van der Waals surface area contributed by atoms with Crippen LogP contribution in [0.3, 0.4) is 0 Å². The predicted octanol–water partition coefficient (Wildman–Crippen LogP) is 1.17. The topological polar surface area (TPSA) is 77.2 Å². The number of carbonyl (C=O) groups is 1. The van der Waals surface area contributed by atoms with Gasteiger partial charge in [0.15, 0.2) is 0 Å². The van der Waals surface area contributed by atoms with Crippen LogP contribution in [-0.2, 0) is 0 Å². The van der Waals surface area contributed by atoms with Crippen molar-refractivity contribution >= 4 is 5.91 Å². The van der Waals surface area contributed by atoms with Crippen LogP contribution < -0.4 is 15.8 Å². The SMILES string of the molecule is Cc1cc(C)c(C(N)=O)c(OC2CNCCC2C)n1. The summed E-state index contributed by atoms with van der Waals surface area (Å²) in [6.45, 7) is 7.66. The number of amides is 1. The lowest BCUT2D eigenvalue weighted by atomic mass is 9.97. The first-order valence-corrected chi connectivity index (χ1v) is 6.64. The van der Waals surface area contributed by atoms with Crippen molar-refractivity contribution in [1.82, 2.24) is 10.3 Å². The van der Waals surface area contributed by atoms with Gasteiger partial charge in [0.2, 0.25) is 5.88 Å². The molecule has 0 saturated carbocycles. The lowest BCUT2D eigenvalue weighted by Gasteiger charge is -2.30. The Bertz CT molecular complexity index is 488. The van der Waals surface area contributed by atoms with Gasteiger partial charge in [-0.1, -0.05) is 6.92 Å². The normalized spacial score (nSPS) is 23.1. The zero-order chi connectivity index (χ0) is 14.0. The molecule has 2 unspecified atom stereocenters. The van der Waals surface area contributed by atoms with Gasteiger partial charge >= 0.3 is 0 Å². The van der Waals surface area contributed by atoms with E-state index in [0.717, 1.165) is 30.8 Å². The molecule has 1 amide bonds. The number of pyridine rings is 1. The molecule has 3 N–H and O–H groups in total. The van der Waals surface area contributed by atoms with Gasteiger partial charge in [-0.2, -0.15) is 0 Å². The monoisotopic (exact) mass is 263 g/mol. The summed E-state index contributed by atoms with van der Waals surface area (Å²) in [5.74, 6) is 0.312. The van der Waals surface area contributed by atoms with E-state index in [9.17, 15) is 4.79 Å². The number of nitrogens with zero attached hydrogens (tertiary/aromatic N) is 1. The molecule has 2 atom stereocenters. The van der Waals surface area contributed by atoms with Crippen LogP contribution in [0.2, 0.25) is 0 Å². The van der Waals surface area contributed by atoms with E-state index in [1.54, 1.807) is 0 Å². The average Bonchev–Trinajstić information content (AvgIpc) is 2.30. The van der Waals surface area contributed by atoms with Crippen molar-refractivity contribution in [2.45, 2.75) is 33.3 Å². The molecule has 1 aromatic rings. The Morgan fingerprint density at radius 2 is 2.26 bits per heavy atom. The number of hydrogen-bond donors (Lipinski definition) is 2. The minimum atomic E-state index is -0.489. The molecule has 2 heterocycles. The molecular formula is C14H21N3O2. The summed E-state index contributed by atoms with van der Waals surface area (Å²) in [4.78, 5) is 15.9. The lowest BCUT2D eigenvalue weighted by molar-refractivity contribution is 0.0950. The summed E-state index contributed by atoms with van der Waals surface area (Å²) >= 11 is 0. The van der Waals surface area contributed by atoms with Crippen LogP contribution in [0, 0.1) is 19.8 Å². The molecule has 1 aliphatic heterocycles. The fraction of sp³-hybridized carbons (Fsp3) is 0.571. The summed E-state index contributed by atoms with van der Waals surface area (Å²) in [7, 11) is 0. The highest BCUT2D eigenvalue weighted by Gasteiger charge is 2.25. The fourth-order valence-corrected chi connectivity index (χ4v) is 2.45. The molecule has 5 nitrogen and oxygen atoms in total. The summed E-state index contributed by atoms with van der Waals surface area (Å²) < 4.78 is 5.95. The quantitative estimate of drug-likeness (QED) is 0.858. The molecule has 2 rings (SSSR count). The highest BCUT2D eigenvalue weighted by atomic mass is 16.5. The van der Waals surface area contributed by atoms with E-state index in [1.807, 2.05) is 19.9 Å².